The lowest BCUT2D eigenvalue weighted by Gasteiger charge is -2.25. The topological polar surface area (TPSA) is 23.5 Å². The molecule has 1 aromatic carbocycles. The lowest BCUT2D eigenvalue weighted by Crippen LogP contribution is -2.36. The van der Waals surface area contributed by atoms with E-state index in [-0.39, 0.29) is 6.54 Å². The van der Waals surface area contributed by atoms with Gasteiger partial charge in [0.1, 0.15) is 0 Å². The number of benzene rings is 1. The zero-order valence-electron chi connectivity index (χ0n) is 10.7. The second-order valence-electron chi connectivity index (χ2n) is 5.03. The van der Waals surface area contributed by atoms with Gasteiger partial charge in [0, 0.05) is 18.7 Å². The van der Waals surface area contributed by atoms with Gasteiger partial charge in [0.15, 0.2) is 23.3 Å². The van der Waals surface area contributed by atoms with Crippen LogP contribution in [0.4, 0.5) is 22.0 Å². The van der Waals surface area contributed by atoms with Crippen molar-refractivity contribution in [1.82, 2.24) is 4.90 Å². The van der Waals surface area contributed by atoms with Crippen LogP contribution < -0.4 is 0 Å². The summed E-state index contributed by atoms with van der Waals surface area (Å²) >= 11 is 0. The Morgan fingerprint density at radius 2 is 1.26 bits per heavy atom. The number of hydrogen-bond acceptors (Lipinski definition) is 2. The van der Waals surface area contributed by atoms with Gasteiger partial charge in [-0.2, -0.15) is 0 Å². The first-order valence-electron chi connectivity index (χ1n) is 5.46. The minimum atomic E-state index is -2.18. The maximum absolute atomic E-state index is 13.4. The Labute approximate surface area is 107 Å². The molecule has 0 bridgehead atoms. The highest BCUT2D eigenvalue weighted by Gasteiger charge is 2.27. The first-order chi connectivity index (χ1) is 8.54. The number of aliphatic hydroxyl groups is 1. The smallest absolute Gasteiger partial charge is 0.200 e. The van der Waals surface area contributed by atoms with Crippen molar-refractivity contribution in [3.05, 3.63) is 34.6 Å². The summed E-state index contributed by atoms with van der Waals surface area (Å²) in [5, 5.41) is 9.52. The monoisotopic (exact) mass is 283 g/mol. The van der Waals surface area contributed by atoms with Crippen LogP contribution in [-0.4, -0.2) is 29.2 Å². The fourth-order valence-corrected chi connectivity index (χ4v) is 1.78. The molecule has 0 aromatic heterocycles. The van der Waals surface area contributed by atoms with Crippen LogP contribution in [0.3, 0.4) is 0 Å². The van der Waals surface area contributed by atoms with Gasteiger partial charge in [0.25, 0.3) is 0 Å². The molecule has 7 heteroatoms. The zero-order valence-corrected chi connectivity index (χ0v) is 10.7. The fourth-order valence-electron chi connectivity index (χ4n) is 1.78. The van der Waals surface area contributed by atoms with E-state index in [4.69, 9.17) is 0 Å². The van der Waals surface area contributed by atoms with Gasteiger partial charge in [-0.05, 0) is 20.9 Å². The Hall–Kier alpha value is -1.21. The summed E-state index contributed by atoms with van der Waals surface area (Å²) in [5.41, 5.74) is -2.07. The first-order valence-corrected chi connectivity index (χ1v) is 5.46. The van der Waals surface area contributed by atoms with Gasteiger partial charge >= 0.3 is 0 Å². The summed E-state index contributed by atoms with van der Waals surface area (Å²) in [5.74, 6) is -9.81. The zero-order chi connectivity index (χ0) is 15.0. The van der Waals surface area contributed by atoms with E-state index in [0.717, 1.165) is 0 Å². The predicted molar refractivity (Wildman–Crippen MR) is 58.9 cm³/mol. The van der Waals surface area contributed by atoms with Gasteiger partial charge in [-0.3, -0.25) is 4.90 Å². The molecule has 0 saturated heterocycles. The van der Waals surface area contributed by atoms with E-state index in [0.29, 0.717) is 0 Å². The molecule has 0 heterocycles. The Morgan fingerprint density at radius 1 is 0.895 bits per heavy atom. The lowest BCUT2D eigenvalue weighted by atomic mass is 10.1. The van der Waals surface area contributed by atoms with Crippen LogP contribution in [0.5, 0.6) is 0 Å². The molecule has 0 aliphatic carbocycles. The highest BCUT2D eigenvalue weighted by atomic mass is 19.2. The maximum atomic E-state index is 13.4. The van der Waals surface area contributed by atoms with Gasteiger partial charge in [-0.1, -0.05) is 0 Å². The van der Waals surface area contributed by atoms with Crippen molar-refractivity contribution >= 4 is 0 Å². The molecule has 0 unspecified atom stereocenters. The second kappa shape index (κ2) is 5.42. The van der Waals surface area contributed by atoms with Crippen molar-refractivity contribution in [3.63, 3.8) is 0 Å². The Balaban J connectivity index is 3.09. The molecule has 1 N–H and O–H groups in total. The predicted octanol–water partition coefficient (Wildman–Crippen LogP) is 2.58. The third kappa shape index (κ3) is 3.63. The van der Waals surface area contributed by atoms with E-state index in [9.17, 15) is 27.1 Å². The lowest BCUT2D eigenvalue weighted by molar-refractivity contribution is 0.0417. The van der Waals surface area contributed by atoms with Crippen molar-refractivity contribution in [2.45, 2.75) is 26.0 Å². The van der Waals surface area contributed by atoms with Crippen molar-refractivity contribution in [3.8, 4) is 0 Å². The molecule has 1 aromatic rings. The van der Waals surface area contributed by atoms with E-state index in [1.807, 2.05) is 0 Å². The Bertz CT molecular complexity index is 455. The SMILES string of the molecule is CN(Cc1c(F)c(F)c(F)c(F)c1F)CC(C)(C)O. The maximum Gasteiger partial charge on any atom is 0.200 e. The number of nitrogens with zero attached hydrogens (tertiary/aromatic N) is 1. The van der Waals surface area contributed by atoms with Gasteiger partial charge in [-0.15, -0.1) is 0 Å². The van der Waals surface area contributed by atoms with Crippen LogP contribution in [0.1, 0.15) is 19.4 Å². The molecule has 0 aliphatic heterocycles. The van der Waals surface area contributed by atoms with Crippen molar-refractivity contribution in [2.75, 3.05) is 13.6 Å². The quantitative estimate of drug-likeness (QED) is 0.521. The summed E-state index contributed by atoms with van der Waals surface area (Å²) in [6.07, 6.45) is 0. The summed E-state index contributed by atoms with van der Waals surface area (Å²) in [7, 11) is 1.40. The standard InChI is InChI=1S/C12H14F5NO/c1-12(2,19)5-18(3)4-6-7(13)9(15)11(17)10(16)8(6)14/h19H,4-5H2,1-3H3. The highest BCUT2D eigenvalue weighted by molar-refractivity contribution is 5.24. The molecular weight excluding hydrogens is 269 g/mol. The van der Waals surface area contributed by atoms with Crippen molar-refractivity contribution in [1.29, 1.82) is 0 Å². The van der Waals surface area contributed by atoms with Crippen LogP contribution in [-0.2, 0) is 6.54 Å². The summed E-state index contributed by atoms with van der Waals surface area (Å²) < 4.78 is 65.5. The number of likely N-dealkylation sites (N-methyl/N-ethyl adjacent to an activating group) is 1. The molecule has 0 fully saturated rings. The molecule has 0 spiro atoms. The van der Waals surface area contributed by atoms with Crippen LogP contribution >= 0.6 is 0 Å². The number of rotatable bonds is 4. The van der Waals surface area contributed by atoms with E-state index in [1.54, 1.807) is 0 Å². The molecule has 1 rings (SSSR count). The van der Waals surface area contributed by atoms with E-state index < -0.39 is 46.8 Å². The largest absolute Gasteiger partial charge is 0.389 e. The third-order valence-corrected chi connectivity index (χ3v) is 2.39. The minimum absolute atomic E-state index is 0.00644. The molecule has 2 nitrogen and oxygen atoms in total. The van der Waals surface area contributed by atoms with Gasteiger partial charge in [-0.25, -0.2) is 22.0 Å². The average Bonchev–Trinajstić information content (AvgIpc) is 2.27. The van der Waals surface area contributed by atoms with Crippen LogP contribution in [0, 0.1) is 29.1 Å². The van der Waals surface area contributed by atoms with Gasteiger partial charge < -0.3 is 5.11 Å². The van der Waals surface area contributed by atoms with Crippen LogP contribution in [0.25, 0.3) is 0 Å². The average molecular weight is 283 g/mol. The summed E-state index contributed by atoms with van der Waals surface area (Å²) in [6.45, 7) is 2.42. The van der Waals surface area contributed by atoms with Crippen LogP contribution in [0.15, 0.2) is 0 Å². The molecule has 0 saturated carbocycles. The first kappa shape index (κ1) is 15.8. The van der Waals surface area contributed by atoms with E-state index in [2.05, 4.69) is 0 Å². The summed E-state index contributed by atoms with van der Waals surface area (Å²) in [6, 6.07) is 0. The van der Waals surface area contributed by atoms with Crippen molar-refractivity contribution in [2.24, 2.45) is 0 Å². The molecule has 0 atom stereocenters. The third-order valence-electron chi connectivity index (χ3n) is 2.39. The number of halogens is 5. The Kier molecular flexibility index (Phi) is 4.52. The van der Waals surface area contributed by atoms with Crippen LogP contribution in [0.2, 0.25) is 0 Å². The Morgan fingerprint density at radius 3 is 1.63 bits per heavy atom. The summed E-state index contributed by atoms with van der Waals surface area (Å²) in [4.78, 5) is 1.26. The molecule has 0 amide bonds. The molecule has 108 valence electrons. The minimum Gasteiger partial charge on any atom is -0.389 e. The highest BCUT2D eigenvalue weighted by Crippen LogP contribution is 2.24. The van der Waals surface area contributed by atoms with Crippen molar-refractivity contribution < 1.29 is 27.1 Å². The molecule has 0 radical (unpaired) electrons. The van der Waals surface area contributed by atoms with Gasteiger partial charge in [0.05, 0.1) is 5.60 Å². The number of hydrogen-bond donors (Lipinski definition) is 1. The van der Waals surface area contributed by atoms with Gasteiger partial charge in [0.2, 0.25) is 5.82 Å². The normalized spacial score (nSPS) is 12.3. The van der Waals surface area contributed by atoms with E-state index in [1.165, 1.54) is 25.8 Å². The fraction of sp³-hybridized carbons (Fsp3) is 0.500. The second-order valence-corrected chi connectivity index (χ2v) is 5.03. The van der Waals surface area contributed by atoms with E-state index >= 15 is 0 Å². The molecule has 19 heavy (non-hydrogen) atoms. The molecule has 0 aliphatic rings. The molecular formula is C12H14F5NO.